The Bertz CT molecular complexity index is 1020. The number of anilines is 1. The highest BCUT2D eigenvalue weighted by Gasteiger charge is 2.19. The molecule has 0 saturated carbocycles. The van der Waals surface area contributed by atoms with Gasteiger partial charge in [0.25, 0.3) is 0 Å². The lowest BCUT2D eigenvalue weighted by atomic mass is 10.2. The Morgan fingerprint density at radius 2 is 2.00 bits per heavy atom. The number of aromatic nitrogens is 6. The summed E-state index contributed by atoms with van der Waals surface area (Å²) in [5.41, 5.74) is 8.98. The van der Waals surface area contributed by atoms with Gasteiger partial charge in [0.15, 0.2) is 5.65 Å². The van der Waals surface area contributed by atoms with Crippen molar-refractivity contribution in [1.82, 2.24) is 29.2 Å². The summed E-state index contributed by atoms with van der Waals surface area (Å²) in [4.78, 5) is 11.6. The third kappa shape index (κ3) is 1.61. The molecule has 0 aliphatic heterocycles. The van der Waals surface area contributed by atoms with Crippen LogP contribution in [0.1, 0.15) is 0 Å². The number of hydrogen-bond donors (Lipinski definition) is 1. The summed E-state index contributed by atoms with van der Waals surface area (Å²) in [6.45, 7) is 5.19. The Kier molecular flexibility index (Phi) is 2.17. The normalized spacial score (nSPS) is 11.0. The highest BCUT2D eigenvalue weighted by molar-refractivity contribution is 5.86. The quantitative estimate of drug-likeness (QED) is 0.571. The van der Waals surface area contributed by atoms with Crippen LogP contribution in [-0.2, 0) is 0 Å². The Labute approximate surface area is 118 Å². The molecular weight excluding hydrogens is 268 g/mol. The highest BCUT2D eigenvalue weighted by atomic mass is 15.3. The van der Waals surface area contributed by atoms with Crippen LogP contribution in [0.2, 0.25) is 0 Å². The molecule has 0 aromatic carbocycles. The lowest BCUT2D eigenvalue weighted by Crippen LogP contribution is -2.00. The van der Waals surface area contributed by atoms with Gasteiger partial charge in [-0.05, 0) is 23.2 Å². The molecule has 0 spiro atoms. The molecule has 0 aliphatic rings. The molecule has 8 nitrogen and oxygen atoms in total. The van der Waals surface area contributed by atoms with E-state index in [0.29, 0.717) is 11.3 Å². The van der Waals surface area contributed by atoms with Crippen molar-refractivity contribution in [1.29, 1.82) is 0 Å². The number of nitrogens with two attached hydrogens (primary N) is 1. The summed E-state index contributed by atoms with van der Waals surface area (Å²) >= 11 is 0. The maximum absolute atomic E-state index is 5.97. The van der Waals surface area contributed by atoms with Crippen LogP contribution in [0.25, 0.3) is 27.3 Å². The molecule has 2 N–H and O–H groups in total. The predicted octanol–water partition coefficient (Wildman–Crippen LogP) is 1.62. The molecule has 0 unspecified atom stereocenters. The summed E-state index contributed by atoms with van der Waals surface area (Å²) in [6.07, 6.45) is 5.23. The highest BCUT2D eigenvalue weighted by Crippen LogP contribution is 2.27. The number of nitrogens with zero attached hydrogens (tertiary/aromatic N) is 7. The average molecular weight is 277 g/mol. The van der Waals surface area contributed by atoms with Crippen molar-refractivity contribution in [3.63, 3.8) is 0 Å². The van der Waals surface area contributed by atoms with Gasteiger partial charge in [0.1, 0.15) is 12.1 Å². The van der Waals surface area contributed by atoms with Gasteiger partial charge in [-0.1, -0.05) is 0 Å². The van der Waals surface area contributed by atoms with Crippen molar-refractivity contribution in [2.75, 3.05) is 5.73 Å². The second-order valence-corrected chi connectivity index (χ2v) is 4.40. The molecule has 0 amide bonds. The summed E-state index contributed by atoms with van der Waals surface area (Å²) in [6, 6.07) is 5.62. The van der Waals surface area contributed by atoms with Gasteiger partial charge in [-0.3, -0.25) is 0 Å². The molecule has 0 bridgehead atoms. The van der Waals surface area contributed by atoms with Crippen LogP contribution in [0.5, 0.6) is 0 Å². The lowest BCUT2D eigenvalue weighted by molar-refractivity contribution is 0.925. The van der Waals surface area contributed by atoms with E-state index in [-0.39, 0.29) is 5.95 Å². The molecule has 4 aromatic rings. The van der Waals surface area contributed by atoms with Gasteiger partial charge in [-0.25, -0.2) is 9.50 Å². The van der Waals surface area contributed by atoms with Gasteiger partial charge in [0.05, 0.1) is 5.69 Å². The third-order valence-electron chi connectivity index (χ3n) is 3.17. The first-order chi connectivity index (χ1) is 10.3. The Balaban J connectivity index is 2.00. The smallest absolute Gasteiger partial charge is 0.368 e. The largest absolute Gasteiger partial charge is 0.553 e. The fourth-order valence-corrected chi connectivity index (χ4v) is 2.26. The van der Waals surface area contributed by atoms with E-state index in [4.69, 9.17) is 12.3 Å². The minimum atomic E-state index is 0.125. The van der Waals surface area contributed by atoms with Crippen molar-refractivity contribution in [2.24, 2.45) is 0 Å². The molecule has 100 valence electrons. The molecule has 4 rings (SSSR count). The van der Waals surface area contributed by atoms with E-state index in [1.165, 1.54) is 0 Å². The second-order valence-electron chi connectivity index (χ2n) is 4.40. The number of imidazole rings is 1. The van der Waals surface area contributed by atoms with Crippen LogP contribution in [0.3, 0.4) is 0 Å². The van der Waals surface area contributed by atoms with E-state index in [9.17, 15) is 0 Å². The molecule has 0 radical (unpaired) electrons. The van der Waals surface area contributed by atoms with Crippen molar-refractivity contribution < 1.29 is 0 Å². The predicted molar refractivity (Wildman–Crippen MR) is 77.3 cm³/mol. The van der Waals surface area contributed by atoms with Crippen LogP contribution >= 0.6 is 0 Å². The summed E-state index contributed by atoms with van der Waals surface area (Å²) < 4.78 is 3.28. The van der Waals surface area contributed by atoms with E-state index in [2.05, 4.69) is 25.0 Å². The second kappa shape index (κ2) is 4.01. The third-order valence-corrected chi connectivity index (χ3v) is 3.17. The van der Waals surface area contributed by atoms with E-state index >= 15 is 0 Å². The van der Waals surface area contributed by atoms with Gasteiger partial charge < -0.3 is 5.73 Å². The van der Waals surface area contributed by atoms with Crippen LogP contribution < -0.4 is 5.73 Å². The zero-order valence-electron chi connectivity index (χ0n) is 10.7. The molecule has 8 heteroatoms. The first-order valence-corrected chi connectivity index (χ1v) is 6.13. The van der Waals surface area contributed by atoms with E-state index in [1.54, 1.807) is 27.6 Å². The van der Waals surface area contributed by atoms with Gasteiger partial charge >= 0.3 is 5.95 Å². The van der Waals surface area contributed by atoms with Crippen LogP contribution in [-0.4, -0.2) is 29.2 Å². The van der Waals surface area contributed by atoms with Crippen molar-refractivity contribution in [3.8, 4) is 17.8 Å². The minimum absolute atomic E-state index is 0.125. The standard InChI is InChI=1S/C13H9N8/c1-15-13-17-12(14)11-8(4-6-21(11)19-13)9-2-3-10-16-5-7-20(10)18-9/h1-7H,(H2,14,17,19)/q+1. The molecule has 21 heavy (non-hydrogen) atoms. The van der Waals surface area contributed by atoms with Crippen LogP contribution in [0, 0.1) is 6.57 Å². The first-order valence-electron chi connectivity index (χ1n) is 6.13. The average Bonchev–Trinajstić information content (AvgIpc) is 3.12. The summed E-state index contributed by atoms with van der Waals surface area (Å²) in [5.74, 6) is 0.418. The lowest BCUT2D eigenvalue weighted by Gasteiger charge is -2.00. The summed E-state index contributed by atoms with van der Waals surface area (Å²) in [7, 11) is 0. The van der Waals surface area contributed by atoms with E-state index < -0.39 is 0 Å². The van der Waals surface area contributed by atoms with E-state index in [0.717, 1.165) is 16.9 Å². The Morgan fingerprint density at radius 1 is 1.10 bits per heavy atom. The SMILES string of the molecule is C#[N+]c1nc(N)c2c(-c3ccc4nccn4n3)ccn2n1. The van der Waals surface area contributed by atoms with Crippen molar-refractivity contribution >= 4 is 22.9 Å². The van der Waals surface area contributed by atoms with E-state index in [1.807, 2.05) is 18.2 Å². The zero-order chi connectivity index (χ0) is 14.4. The molecule has 0 atom stereocenters. The Morgan fingerprint density at radius 3 is 2.86 bits per heavy atom. The molecule has 4 heterocycles. The van der Waals surface area contributed by atoms with Gasteiger partial charge in [0.2, 0.25) is 5.82 Å². The van der Waals surface area contributed by atoms with Crippen molar-refractivity contribution in [2.45, 2.75) is 0 Å². The van der Waals surface area contributed by atoms with Crippen molar-refractivity contribution in [3.05, 3.63) is 41.6 Å². The number of rotatable bonds is 1. The molecule has 4 aromatic heterocycles. The van der Waals surface area contributed by atoms with Crippen LogP contribution in [0.15, 0.2) is 36.8 Å². The monoisotopic (exact) mass is 277 g/mol. The number of nitrogen functional groups attached to an aromatic ring is 1. The van der Waals surface area contributed by atoms with Crippen LogP contribution in [0.4, 0.5) is 11.8 Å². The Hall–Kier alpha value is -3.47. The fraction of sp³-hybridized carbons (Fsp3) is 0. The zero-order valence-corrected chi connectivity index (χ0v) is 10.7. The topological polar surface area (TPSA) is 90.8 Å². The molecule has 0 saturated heterocycles. The first kappa shape index (κ1) is 11.4. The fourth-order valence-electron chi connectivity index (χ4n) is 2.26. The maximum atomic E-state index is 5.97. The molecular formula is C13H9N8+. The van der Waals surface area contributed by atoms with Gasteiger partial charge in [0, 0.05) is 29.3 Å². The van der Waals surface area contributed by atoms with Gasteiger partial charge in [-0.15, -0.1) is 0 Å². The number of hydrogen-bond acceptors (Lipinski definition) is 5. The minimum Gasteiger partial charge on any atom is -0.368 e. The summed E-state index contributed by atoms with van der Waals surface area (Å²) in [5, 5.41) is 8.63. The van der Waals surface area contributed by atoms with Gasteiger partial charge in [-0.2, -0.15) is 14.5 Å². The maximum Gasteiger partial charge on any atom is 0.553 e. The number of fused-ring (bicyclic) bond motifs is 2. The molecule has 0 aliphatic carbocycles. The molecule has 0 fully saturated rings.